The van der Waals surface area contributed by atoms with Crippen LogP contribution in [0.3, 0.4) is 0 Å². The van der Waals surface area contributed by atoms with Gasteiger partial charge in [-0.3, -0.25) is 0 Å². The Bertz CT molecular complexity index is 593. The van der Waals surface area contributed by atoms with Crippen molar-refractivity contribution in [2.75, 3.05) is 0 Å². The first-order valence-electron chi connectivity index (χ1n) is 7.86. The first-order valence-corrected chi connectivity index (χ1v) is 7.86. The molecule has 1 aromatic carbocycles. The smallest absolute Gasteiger partial charge is 0.127 e. The molecule has 0 spiro atoms. The van der Waals surface area contributed by atoms with E-state index in [1.807, 2.05) is 13.0 Å². The fraction of sp³-hybridized carbons (Fsp3) is 0.500. The molecule has 0 atom stereocenters. The van der Waals surface area contributed by atoms with Crippen molar-refractivity contribution in [2.24, 2.45) is 0 Å². The van der Waals surface area contributed by atoms with Crippen molar-refractivity contribution in [3.05, 3.63) is 47.2 Å². The third-order valence-electron chi connectivity index (χ3n) is 3.92. The molecule has 0 saturated carbocycles. The predicted molar refractivity (Wildman–Crippen MR) is 95.5 cm³/mol. The van der Waals surface area contributed by atoms with Crippen LogP contribution in [0.4, 0.5) is 0 Å². The quantitative estimate of drug-likeness (QED) is 0.543. The van der Waals surface area contributed by atoms with Gasteiger partial charge in [-0.1, -0.05) is 67.2 Å². The lowest BCUT2D eigenvalue weighted by Gasteiger charge is -2.28. The van der Waals surface area contributed by atoms with E-state index in [0.29, 0.717) is 17.6 Å². The molecule has 0 heterocycles. The van der Waals surface area contributed by atoms with Gasteiger partial charge in [-0.25, -0.2) is 0 Å². The van der Waals surface area contributed by atoms with Gasteiger partial charge in [0.2, 0.25) is 0 Å². The SMILES string of the molecule is C=C/C(=C(/O)CC)c1cc(C(C)(C)C)cc(C(C)(C)C)c1O. The molecule has 0 aliphatic rings. The number of aliphatic hydroxyl groups excluding tert-OH is 1. The molecule has 0 saturated heterocycles. The minimum atomic E-state index is -0.186. The van der Waals surface area contributed by atoms with Crippen molar-refractivity contribution in [1.29, 1.82) is 0 Å². The minimum Gasteiger partial charge on any atom is -0.512 e. The van der Waals surface area contributed by atoms with Crippen LogP contribution in [-0.4, -0.2) is 10.2 Å². The standard InChI is InChI=1S/C20H30O2/c1-9-14(17(21)10-2)15-11-13(19(3,4)5)12-16(18(15)22)20(6,7)8/h9,11-12,21-22H,1,10H2,2-8H3/b17-14-. The second-order valence-corrected chi connectivity index (χ2v) is 7.84. The first-order chi connectivity index (χ1) is 9.93. The lowest BCUT2D eigenvalue weighted by molar-refractivity contribution is 0.396. The Kier molecular flexibility index (Phi) is 5.17. The Morgan fingerprint density at radius 3 is 2.00 bits per heavy atom. The van der Waals surface area contributed by atoms with E-state index in [1.165, 1.54) is 0 Å². The van der Waals surface area contributed by atoms with Gasteiger partial charge in [0.15, 0.2) is 0 Å². The molecule has 2 heteroatoms. The molecule has 0 aromatic heterocycles. The summed E-state index contributed by atoms with van der Waals surface area (Å²) in [6.07, 6.45) is 2.12. The lowest BCUT2D eigenvalue weighted by Crippen LogP contribution is -2.17. The van der Waals surface area contributed by atoms with E-state index in [2.05, 4.69) is 54.2 Å². The van der Waals surface area contributed by atoms with Gasteiger partial charge in [0.05, 0.1) is 5.76 Å². The van der Waals surface area contributed by atoms with Crippen LogP contribution in [0.25, 0.3) is 5.57 Å². The van der Waals surface area contributed by atoms with Crippen molar-refractivity contribution in [2.45, 2.75) is 65.7 Å². The second kappa shape index (κ2) is 6.20. The maximum atomic E-state index is 10.8. The van der Waals surface area contributed by atoms with Gasteiger partial charge < -0.3 is 10.2 Å². The van der Waals surface area contributed by atoms with Crippen LogP contribution in [0.1, 0.15) is 71.6 Å². The molecular formula is C20H30O2. The number of allylic oxidation sites excluding steroid dienone is 3. The molecule has 1 rings (SSSR count). The van der Waals surface area contributed by atoms with Crippen molar-refractivity contribution in [3.8, 4) is 5.75 Å². The number of benzene rings is 1. The van der Waals surface area contributed by atoms with Crippen molar-refractivity contribution < 1.29 is 10.2 Å². The average Bonchev–Trinajstić information content (AvgIpc) is 2.38. The number of aromatic hydroxyl groups is 1. The Morgan fingerprint density at radius 1 is 1.09 bits per heavy atom. The molecule has 122 valence electrons. The zero-order valence-corrected chi connectivity index (χ0v) is 15.0. The van der Waals surface area contributed by atoms with Gasteiger partial charge in [0.25, 0.3) is 0 Å². The van der Waals surface area contributed by atoms with Crippen LogP contribution in [0, 0.1) is 0 Å². The molecule has 0 radical (unpaired) electrons. The average molecular weight is 302 g/mol. The third kappa shape index (κ3) is 3.73. The van der Waals surface area contributed by atoms with Crippen molar-refractivity contribution >= 4 is 5.57 Å². The van der Waals surface area contributed by atoms with E-state index in [0.717, 1.165) is 11.1 Å². The van der Waals surface area contributed by atoms with E-state index in [1.54, 1.807) is 6.08 Å². The van der Waals surface area contributed by atoms with Crippen LogP contribution in [0.5, 0.6) is 5.75 Å². The van der Waals surface area contributed by atoms with Crippen molar-refractivity contribution in [1.82, 2.24) is 0 Å². The molecule has 22 heavy (non-hydrogen) atoms. The van der Waals surface area contributed by atoms with Crippen LogP contribution in [0.2, 0.25) is 0 Å². The molecule has 0 aliphatic carbocycles. The highest BCUT2D eigenvalue weighted by molar-refractivity contribution is 5.80. The molecule has 2 N–H and O–H groups in total. The molecule has 1 aromatic rings. The Labute approximate surface area is 135 Å². The minimum absolute atomic E-state index is 0.0451. The third-order valence-corrected chi connectivity index (χ3v) is 3.92. The lowest BCUT2D eigenvalue weighted by atomic mass is 9.78. The zero-order chi connectivity index (χ0) is 17.3. The maximum Gasteiger partial charge on any atom is 0.127 e. The largest absolute Gasteiger partial charge is 0.512 e. The summed E-state index contributed by atoms with van der Waals surface area (Å²) in [6.45, 7) is 18.4. The monoisotopic (exact) mass is 302 g/mol. The van der Waals surface area contributed by atoms with E-state index in [-0.39, 0.29) is 22.3 Å². The zero-order valence-electron chi connectivity index (χ0n) is 15.0. The molecule has 2 nitrogen and oxygen atoms in total. The summed E-state index contributed by atoms with van der Waals surface area (Å²) in [5.41, 5.74) is 3.06. The van der Waals surface area contributed by atoms with Crippen LogP contribution in [-0.2, 0) is 10.8 Å². The molecule has 0 bridgehead atoms. The molecule has 0 fully saturated rings. The van der Waals surface area contributed by atoms with E-state index >= 15 is 0 Å². The summed E-state index contributed by atoms with van der Waals surface area (Å²) in [6, 6.07) is 4.04. The summed E-state index contributed by atoms with van der Waals surface area (Å²) in [7, 11) is 0. The Balaban J connectivity index is 3.82. The van der Waals surface area contributed by atoms with Crippen molar-refractivity contribution in [3.63, 3.8) is 0 Å². The van der Waals surface area contributed by atoms with E-state index < -0.39 is 0 Å². The van der Waals surface area contributed by atoms with Crippen LogP contribution < -0.4 is 0 Å². The van der Waals surface area contributed by atoms with Gasteiger partial charge in [-0.2, -0.15) is 0 Å². The number of phenols is 1. The summed E-state index contributed by atoms with van der Waals surface area (Å²) in [5.74, 6) is 0.478. The first kappa shape index (κ1) is 18.3. The van der Waals surface area contributed by atoms with E-state index in [4.69, 9.17) is 0 Å². The highest BCUT2D eigenvalue weighted by Crippen LogP contribution is 2.41. The number of aliphatic hydroxyl groups is 1. The highest BCUT2D eigenvalue weighted by atomic mass is 16.3. The Morgan fingerprint density at radius 2 is 1.64 bits per heavy atom. The molecule has 0 unspecified atom stereocenters. The predicted octanol–water partition coefficient (Wildman–Crippen LogP) is 5.85. The summed E-state index contributed by atoms with van der Waals surface area (Å²) in [5, 5.41) is 20.9. The van der Waals surface area contributed by atoms with Gasteiger partial charge in [0.1, 0.15) is 5.75 Å². The Hall–Kier alpha value is -1.70. The van der Waals surface area contributed by atoms with Gasteiger partial charge >= 0.3 is 0 Å². The summed E-state index contributed by atoms with van der Waals surface area (Å²) in [4.78, 5) is 0. The molecule has 0 amide bonds. The van der Waals surface area contributed by atoms with E-state index in [9.17, 15) is 10.2 Å². The molecule has 0 aliphatic heterocycles. The van der Waals surface area contributed by atoms with Crippen LogP contribution >= 0.6 is 0 Å². The topological polar surface area (TPSA) is 40.5 Å². The number of hydrogen-bond donors (Lipinski definition) is 2. The second-order valence-electron chi connectivity index (χ2n) is 7.84. The van der Waals surface area contributed by atoms with Crippen LogP contribution in [0.15, 0.2) is 30.5 Å². The number of hydrogen-bond acceptors (Lipinski definition) is 2. The summed E-state index contributed by atoms with van der Waals surface area (Å²) < 4.78 is 0. The highest BCUT2D eigenvalue weighted by Gasteiger charge is 2.26. The fourth-order valence-electron chi connectivity index (χ4n) is 2.42. The number of rotatable bonds is 3. The molecular weight excluding hydrogens is 272 g/mol. The normalized spacial score (nSPS) is 13.8. The fourth-order valence-corrected chi connectivity index (χ4v) is 2.42. The number of phenolic OH excluding ortho intramolecular Hbond substituents is 1. The van der Waals surface area contributed by atoms with Gasteiger partial charge in [0, 0.05) is 23.1 Å². The van der Waals surface area contributed by atoms with Gasteiger partial charge in [-0.05, 0) is 22.5 Å². The maximum absolute atomic E-state index is 10.8. The summed E-state index contributed by atoms with van der Waals surface area (Å²) >= 11 is 0. The van der Waals surface area contributed by atoms with Gasteiger partial charge in [-0.15, -0.1) is 0 Å².